The molecule has 0 saturated carbocycles. The Morgan fingerprint density at radius 2 is 1.41 bits per heavy atom. The van der Waals surface area contributed by atoms with Crippen molar-refractivity contribution in [3.63, 3.8) is 0 Å². The Morgan fingerprint density at radius 1 is 0.773 bits per heavy atom. The van der Waals surface area contributed by atoms with Crippen molar-refractivity contribution in [2.45, 2.75) is 60.3 Å². The number of rotatable bonds is 1. The Morgan fingerprint density at radius 3 is 2.05 bits per heavy atom. The summed E-state index contributed by atoms with van der Waals surface area (Å²) in [6, 6.07) is 9.61. The van der Waals surface area contributed by atoms with Crippen LogP contribution in [0.5, 0.6) is 0 Å². The highest BCUT2D eigenvalue weighted by atomic mass is 14.3. The van der Waals surface area contributed by atoms with Crippen LogP contribution in [0.25, 0.3) is 0 Å². The minimum absolute atomic E-state index is 0.659. The van der Waals surface area contributed by atoms with Gasteiger partial charge in [-0.1, -0.05) is 36.8 Å². The number of benzene rings is 2. The first-order chi connectivity index (χ1) is 10.4. The van der Waals surface area contributed by atoms with Crippen LogP contribution in [0.3, 0.4) is 0 Å². The molecule has 2 atom stereocenters. The minimum Gasteiger partial charge on any atom is -0.0616 e. The molecule has 22 heavy (non-hydrogen) atoms. The molecule has 1 aliphatic carbocycles. The van der Waals surface area contributed by atoms with Gasteiger partial charge in [-0.2, -0.15) is 0 Å². The fourth-order valence-corrected chi connectivity index (χ4v) is 4.19. The molecule has 0 spiro atoms. The van der Waals surface area contributed by atoms with E-state index in [1.54, 1.807) is 11.1 Å². The molecule has 0 N–H and O–H groups in total. The van der Waals surface area contributed by atoms with Gasteiger partial charge in [0.2, 0.25) is 0 Å². The Labute approximate surface area is 135 Å². The van der Waals surface area contributed by atoms with Crippen molar-refractivity contribution in [3.8, 4) is 0 Å². The van der Waals surface area contributed by atoms with Crippen LogP contribution in [0.1, 0.15) is 57.3 Å². The van der Waals surface area contributed by atoms with Crippen molar-refractivity contribution in [2.75, 3.05) is 0 Å². The minimum atomic E-state index is 0.659. The van der Waals surface area contributed by atoms with E-state index in [0.717, 1.165) is 5.92 Å². The molecule has 0 heteroatoms. The number of hydrogen-bond donors (Lipinski definition) is 0. The first-order valence-corrected chi connectivity index (χ1v) is 8.53. The first kappa shape index (κ1) is 15.3. The second kappa shape index (κ2) is 5.57. The lowest BCUT2D eigenvalue weighted by Crippen LogP contribution is -2.23. The molecule has 2 aromatic carbocycles. The van der Waals surface area contributed by atoms with Crippen molar-refractivity contribution < 1.29 is 0 Å². The molecule has 2 aromatic rings. The molecule has 0 radical (unpaired) electrons. The van der Waals surface area contributed by atoms with Crippen molar-refractivity contribution in [3.05, 3.63) is 68.8 Å². The molecule has 1 aliphatic rings. The SMILES string of the molecule is Cc1cc(C)c2c(c1)CC(c1cc(C)c(C)c(C)c1)C(C)C2. The Hall–Kier alpha value is -1.56. The van der Waals surface area contributed by atoms with Crippen LogP contribution >= 0.6 is 0 Å². The Balaban J connectivity index is 2.03. The van der Waals surface area contributed by atoms with Crippen molar-refractivity contribution in [2.24, 2.45) is 5.92 Å². The van der Waals surface area contributed by atoms with Crippen LogP contribution in [0.15, 0.2) is 24.3 Å². The third kappa shape index (κ3) is 2.60. The predicted octanol–water partition coefficient (Wildman–Crippen LogP) is 5.75. The van der Waals surface area contributed by atoms with E-state index in [4.69, 9.17) is 0 Å². The summed E-state index contributed by atoms with van der Waals surface area (Å²) in [5.41, 5.74) is 11.9. The highest BCUT2D eigenvalue weighted by Gasteiger charge is 2.28. The van der Waals surface area contributed by atoms with Gasteiger partial charge in [0, 0.05) is 0 Å². The lowest BCUT2D eigenvalue weighted by atomic mass is 9.71. The van der Waals surface area contributed by atoms with Crippen LogP contribution in [0, 0.1) is 40.5 Å². The molecule has 0 aliphatic heterocycles. The highest BCUT2D eigenvalue weighted by molar-refractivity contribution is 5.44. The molecular weight excluding hydrogens is 264 g/mol. The van der Waals surface area contributed by atoms with Gasteiger partial charge in [0.25, 0.3) is 0 Å². The number of aryl methyl sites for hydroxylation is 4. The van der Waals surface area contributed by atoms with E-state index in [1.165, 1.54) is 46.2 Å². The van der Waals surface area contributed by atoms with E-state index in [0.29, 0.717) is 5.92 Å². The van der Waals surface area contributed by atoms with Crippen LogP contribution < -0.4 is 0 Å². The molecule has 2 unspecified atom stereocenters. The molecular formula is C22H28. The Bertz CT molecular complexity index is 698. The van der Waals surface area contributed by atoms with Gasteiger partial charge in [0.1, 0.15) is 0 Å². The molecule has 0 nitrogen and oxygen atoms in total. The largest absolute Gasteiger partial charge is 0.0616 e. The van der Waals surface area contributed by atoms with E-state index in [2.05, 4.69) is 65.8 Å². The molecule has 0 heterocycles. The normalized spacial score (nSPS) is 20.8. The van der Waals surface area contributed by atoms with Gasteiger partial charge in [0.05, 0.1) is 0 Å². The van der Waals surface area contributed by atoms with Crippen LogP contribution in [-0.4, -0.2) is 0 Å². The molecule has 0 fully saturated rings. The highest BCUT2D eigenvalue weighted by Crippen LogP contribution is 2.39. The zero-order valence-electron chi connectivity index (χ0n) is 14.9. The monoisotopic (exact) mass is 292 g/mol. The smallest absolute Gasteiger partial charge is 0.00923 e. The van der Waals surface area contributed by atoms with E-state index < -0.39 is 0 Å². The van der Waals surface area contributed by atoms with E-state index in [-0.39, 0.29) is 0 Å². The van der Waals surface area contributed by atoms with Crippen molar-refractivity contribution in [1.29, 1.82) is 0 Å². The van der Waals surface area contributed by atoms with Gasteiger partial charge >= 0.3 is 0 Å². The van der Waals surface area contributed by atoms with Crippen molar-refractivity contribution in [1.82, 2.24) is 0 Å². The molecule has 0 aromatic heterocycles. The topological polar surface area (TPSA) is 0 Å². The summed E-state index contributed by atoms with van der Waals surface area (Å²) in [5.74, 6) is 1.38. The maximum absolute atomic E-state index is 2.43. The summed E-state index contributed by atoms with van der Waals surface area (Å²) < 4.78 is 0. The Kier molecular flexibility index (Phi) is 3.89. The summed E-state index contributed by atoms with van der Waals surface area (Å²) in [4.78, 5) is 0. The quantitative estimate of drug-likeness (QED) is 0.628. The third-order valence-electron chi connectivity index (χ3n) is 5.74. The third-order valence-corrected chi connectivity index (χ3v) is 5.74. The summed E-state index contributed by atoms with van der Waals surface area (Å²) in [7, 11) is 0. The van der Waals surface area contributed by atoms with Gasteiger partial charge in [0.15, 0.2) is 0 Å². The summed E-state index contributed by atoms with van der Waals surface area (Å²) in [6.07, 6.45) is 2.42. The fourth-order valence-electron chi connectivity index (χ4n) is 4.19. The summed E-state index contributed by atoms with van der Waals surface area (Å²) in [5, 5.41) is 0. The van der Waals surface area contributed by atoms with Crippen molar-refractivity contribution >= 4 is 0 Å². The first-order valence-electron chi connectivity index (χ1n) is 8.53. The van der Waals surface area contributed by atoms with Gasteiger partial charge < -0.3 is 0 Å². The predicted molar refractivity (Wildman–Crippen MR) is 95.9 cm³/mol. The molecule has 0 amide bonds. The van der Waals surface area contributed by atoms with Gasteiger partial charge in [-0.25, -0.2) is 0 Å². The van der Waals surface area contributed by atoms with Crippen LogP contribution in [0.2, 0.25) is 0 Å². The summed E-state index contributed by atoms with van der Waals surface area (Å²) >= 11 is 0. The van der Waals surface area contributed by atoms with Gasteiger partial charge in [-0.3, -0.25) is 0 Å². The zero-order chi connectivity index (χ0) is 16.0. The molecule has 116 valence electrons. The van der Waals surface area contributed by atoms with Gasteiger partial charge in [-0.05, 0) is 98.2 Å². The van der Waals surface area contributed by atoms with Crippen LogP contribution in [0.4, 0.5) is 0 Å². The maximum atomic E-state index is 2.43. The molecule has 3 rings (SSSR count). The summed E-state index contributed by atoms with van der Waals surface area (Å²) in [6.45, 7) is 13.7. The van der Waals surface area contributed by atoms with Crippen LogP contribution in [-0.2, 0) is 12.8 Å². The fraction of sp³-hybridized carbons (Fsp3) is 0.455. The van der Waals surface area contributed by atoms with E-state index in [1.807, 2.05) is 0 Å². The average molecular weight is 292 g/mol. The van der Waals surface area contributed by atoms with Gasteiger partial charge in [-0.15, -0.1) is 0 Å². The lowest BCUT2D eigenvalue weighted by molar-refractivity contribution is 0.426. The maximum Gasteiger partial charge on any atom is -0.00923 e. The zero-order valence-corrected chi connectivity index (χ0v) is 14.9. The number of fused-ring (bicyclic) bond motifs is 1. The van der Waals surface area contributed by atoms with E-state index >= 15 is 0 Å². The second-order valence-electron chi connectivity index (χ2n) is 7.49. The number of hydrogen-bond acceptors (Lipinski definition) is 0. The standard InChI is InChI=1S/C22H28/c1-13-7-16(4)21-11-17(5)22(12-19(21)8-13)20-9-14(2)18(6)15(3)10-20/h7-10,17,22H,11-12H2,1-6H3. The van der Waals surface area contributed by atoms with E-state index in [9.17, 15) is 0 Å². The molecule has 0 bridgehead atoms. The average Bonchev–Trinajstić information content (AvgIpc) is 2.44. The lowest BCUT2D eigenvalue weighted by Gasteiger charge is -2.33. The second-order valence-corrected chi connectivity index (χ2v) is 7.49. The molecule has 0 saturated heterocycles.